The summed E-state index contributed by atoms with van der Waals surface area (Å²) in [5, 5.41) is 13.6. The molecule has 0 amide bonds. The van der Waals surface area contributed by atoms with Gasteiger partial charge in [-0.25, -0.2) is 0 Å². The summed E-state index contributed by atoms with van der Waals surface area (Å²) in [7, 11) is 0. The first-order valence-electron chi connectivity index (χ1n) is 7.17. The summed E-state index contributed by atoms with van der Waals surface area (Å²) in [5.41, 5.74) is 1.91. The zero-order valence-electron chi connectivity index (χ0n) is 12.6. The molecule has 3 heteroatoms. The normalized spacial score (nSPS) is 11.9. The Morgan fingerprint density at radius 3 is 2.45 bits per heavy atom. The van der Waals surface area contributed by atoms with Gasteiger partial charge in [0.2, 0.25) is 0 Å². The third kappa shape index (κ3) is 4.42. The molecule has 0 spiro atoms. The molecule has 1 unspecified atom stereocenters. The Morgan fingerprint density at radius 1 is 1.30 bits per heavy atom. The highest BCUT2D eigenvalue weighted by atomic mass is 16.3. The number of phenols is 1. The molecular formula is C17H26N2O. The first-order chi connectivity index (χ1) is 9.63. The van der Waals surface area contributed by atoms with E-state index >= 15 is 0 Å². The predicted molar refractivity (Wildman–Crippen MR) is 87.4 cm³/mol. The molecular weight excluding hydrogens is 248 g/mol. The summed E-state index contributed by atoms with van der Waals surface area (Å²) >= 11 is 0. The molecule has 0 fully saturated rings. The lowest BCUT2D eigenvalue weighted by Crippen LogP contribution is -2.23. The van der Waals surface area contributed by atoms with Crippen LogP contribution in [0.3, 0.4) is 0 Å². The summed E-state index contributed by atoms with van der Waals surface area (Å²) in [5.74, 6) is 0.330. The van der Waals surface area contributed by atoms with Crippen LogP contribution in [0.1, 0.15) is 31.9 Å². The number of benzene rings is 1. The van der Waals surface area contributed by atoms with Crippen molar-refractivity contribution < 1.29 is 5.11 Å². The van der Waals surface area contributed by atoms with E-state index in [1.807, 2.05) is 30.4 Å². The maximum absolute atomic E-state index is 10.2. The van der Waals surface area contributed by atoms with Crippen LogP contribution in [-0.2, 0) is 0 Å². The quantitative estimate of drug-likeness (QED) is 0.675. The van der Waals surface area contributed by atoms with E-state index in [0.29, 0.717) is 5.75 Å². The number of hydrogen-bond acceptors (Lipinski definition) is 3. The molecule has 0 radical (unpaired) electrons. The zero-order chi connectivity index (χ0) is 15.0. The van der Waals surface area contributed by atoms with Crippen molar-refractivity contribution in [3.8, 4) is 5.75 Å². The number of phenolic OH excluding ortho intramolecular Hbond substituents is 1. The van der Waals surface area contributed by atoms with Crippen LogP contribution in [-0.4, -0.2) is 24.7 Å². The lowest BCUT2D eigenvalue weighted by atomic mass is 10.1. The molecule has 0 aromatic heterocycles. The van der Waals surface area contributed by atoms with Crippen LogP contribution in [0.4, 0.5) is 5.69 Å². The Morgan fingerprint density at radius 2 is 1.95 bits per heavy atom. The molecule has 0 heterocycles. The van der Waals surface area contributed by atoms with E-state index in [1.54, 1.807) is 0 Å². The highest BCUT2D eigenvalue weighted by Crippen LogP contribution is 2.29. The van der Waals surface area contributed by atoms with E-state index in [4.69, 9.17) is 0 Å². The summed E-state index contributed by atoms with van der Waals surface area (Å²) in [4.78, 5) is 2.10. The van der Waals surface area contributed by atoms with E-state index in [0.717, 1.165) is 37.3 Å². The van der Waals surface area contributed by atoms with Crippen molar-refractivity contribution in [2.75, 3.05) is 24.5 Å². The first-order valence-corrected chi connectivity index (χ1v) is 7.17. The van der Waals surface area contributed by atoms with Crippen LogP contribution < -0.4 is 10.2 Å². The van der Waals surface area contributed by atoms with Gasteiger partial charge in [0.25, 0.3) is 0 Å². The molecule has 0 aliphatic rings. The molecule has 0 saturated carbocycles. The highest BCUT2D eigenvalue weighted by molar-refractivity contribution is 5.54. The molecule has 0 saturated heterocycles. The van der Waals surface area contributed by atoms with Crippen molar-refractivity contribution in [2.45, 2.75) is 26.3 Å². The van der Waals surface area contributed by atoms with Gasteiger partial charge in [-0.3, -0.25) is 0 Å². The van der Waals surface area contributed by atoms with Crippen molar-refractivity contribution in [3.05, 3.63) is 49.1 Å². The fourth-order valence-electron chi connectivity index (χ4n) is 2.16. The van der Waals surface area contributed by atoms with E-state index in [9.17, 15) is 5.11 Å². The molecule has 0 aliphatic carbocycles. The number of hydrogen-bond donors (Lipinski definition) is 2. The first kappa shape index (κ1) is 16.3. The minimum atomic E-state index is 0.149. The Balaban J connectivity index is 2.90. The standard InChI is InChI=1S/C17H26N2O/c1-5-10-18-14(4)16-9-8-15(13-17(16)20)19(11-6-2)12-7-3/h6-9,13-14,18,20H,2-3,5,10-12H2,1,4H3. The second-order valence-corrected chi connectivity index (χ2v) is 4.90. The molecule has 0 bridgehead atoms. The van der Waals surface area contributed by atoms with Crippen molar-refractivity contribution in [1.82, 2.24) is 5.32 Å². The summed E-state index contributed by atoms with van der Waals surface area (Å²) in [6.45, 7) is 14.1. The number of anilines is 1. The molecule has 3 nitrogen and oxygen atoms in total. The summed E-state index contributed by atoms with van der Waals surface area (Å²) in [6.07, 6.45) is 4.77. The van der Waals surface area contributed by atoms with Gasteiger partial charge in [0.05, 0.1) is 0 Å². The number of rotatable bonds is 9. The van der Waals surface area contributed by atoms with Gasteiger partial charge in [0, 0.05) is 36.4 Å². The molecule has 2 N–H and O–H groups in total. The van der Waals surface area contributed by atoms with E-state index < -0.39 is 0 Å². The third-order valence-electron chi connectivity index (χ3n) is 3.25. The molecule has 1 rings (SSSR count). The lowest BCUT2D eigenvalue weighted by molar-refractivity contribution is 0.452. The molecule has 20 heavy (non-hydrogen) atoms. The maximum atomic E-state index is 10.2. The minimum absolute atomic E-state index is 0.149. The predicted octanol–water partition coefficient (Wildman–Crippen LogP) is 3.63. The molecule has 0 aliphatic heterocycles. The Bertz CT molecular complexity index is 433. The second kappa shape index (κ2) is 8.43. The Labute approximate surface area is 122 Å². The van der Waals surface area contributed by atoms with Gasteiger partial charge in [0.1, 0.15) is 5.75 Å². The zero-order valence-corrected chi connectivity index (χ0v) is 12.6. The van der Waals surface area contributed by atoms with Gasteiger partial charge in [-0.2, -0.15) is 0 Å². The largest absolute Gasteiger partial charge is 0.508 e. The van der Waals surface area contributed by atoms with E-state index in [-0.39, 0.29) is 6.04 Å². The van der Waals surface area contributed by atoms with Crippen LogP contribution >= 0.6 is 0 Å². The lowest BCUT2D eigenvalue weighted by Gasteiger charge is -2.23. The van der Waals surface area contributed by atoms with Gasteiger partial charge < -0.3 is 15.3 Å². The Kier molecular flexibility index (Phi) is 6.88. The van der Waals surface area contributed by atoms with Gasteiger partial charge in [-0.15, -0.1) is 13.2 Å². The van der Waals surface area contributed by atoms with Gasteiger partial charge >= 0.3 is 0 Å². The van der Waals surface area contributed by atoms with Gasteiger partial charge in [0.15, 0.2) is 0 Å². The van der Waals surface area contributed by atoms with Crippen molar-refractivity contribution in [1.29, 1.82) is 0 Å². The topological polar surface area (TPSA) is 35.5 Å². The van der Waals surface area contributed by atoms with E-state index in [1.165, 1.54) is 0 Å². The van der Waals surface area contributed by atoms with Crippen molar-refractivity contribution in [2.24, 2.45) is 0 Å². The molecule has 1 aromatic rings. The Hall–Kier alpha value is -1.74. The van der Waals surface area contributed by atoms with Crippen LogP contribution in [0, 0.1) is 0 Å². The van der Waals surface area contributed by atoms with Gasteiger partial charge in [-0.1, -0.05) is 25.1 Å². The molecule has 1 atom stereocenters. The fraction of sp³-hybridized carbons (Fsp3) is 0.412. The second-order valence-electron chi connectivity index (χ2n) is 4.90. The van der Waals surface area contributed by atoms with Crippen LogP contribution in [0.25, 0.3) is 0 Å². The third-order valence-corrected chi connectivity index (χ3v) is 3.25. The summed E-state index contributed by atoms with van der Waals surface area (Å²) in [6, 6.07) is 5.98. The number of nitrogens with one attached hydrogen (secondary N) is 1. The molecule has 110 valence electrons. The monoisotopic (exact) mass is 274 g/mol. The smallest absolute Gasteiger partial charge is 0.122 e. The summed E-state index contributed by atoms with van der Waals surface area (Å²) < 4.78 is 0. The van der Waals surface area contributed by atoms with Crippen LogP contribution in [0.15, 0.2) is 43.5 Å². The SMILES string of the molecule is C=CCN(CC=C)c1ccc(C(C)NCCC)c(O)c1. The highest BCUT2D eigenvalue weighted by Gasteiger charge is 2.12. The minimum Gasteiger partial charge on any atom is -0.508 e. The van der Waals surface area contributed by atoms with Crippen LogP contribution in [0.2, 0.25) is 0 Å². The van der Waals surface area contributed by atoms with Crippen molar-refractivity contribution >= 4 is 5.69 Å². The fourth-order valence-corrected chi connectivity index (χ4v) is 2.16. The number of nitrogens with zero attached hydrogens (tertiary/aromatic N) is 1. The van der Waals surface area contributed by atoms with Crippen molar-refractivity contribution in [3.63, 3.8) is 0 Å². The number of aromatic hydroxyl groups is 1. The average Bonchev–Trinajstić information content (AvgIpc) is 2.44. The molecule has 1 aromatic carbocycles. The van der Waals surface area contributed by atoms with Crippen LogP contribution in [0.5, 0.6) is 5.75 Å². The van der Waals surface area contributed by atoms with Gasteiger partial charge in [-0.05, 0) is 26.0 Å². The maximum Gasteiger partial charge on any atom is 0.122 e. The average molecular weight is 274 g/mol. The van der Waals surface area contributed by atoms with E-state index in [2.05, 4.69) is 37.2 Å².